The van der Waals surface area contributed by atoms with Crippen molar-refractivity contribution in [3.8, 4) is 5.75 Å². The second kappa shape index (κ2) is 6.57. The fourth-order valence-corrected chi connectivity index (χ4v) is 2.49. The van der Waals surface area contributed by atoms with E-state index in [1.54, 1.807) is 6.07 Å². The van der Waals surface area contributed by atoms with Gasteiger partial charge in [-0.05, 0) is 25.3 Å². The van der Waals surface area contributed by atoms with Crippen molar-refractivity contribution in [1.82, 2.24) is 10.6 Å². The molecule has 1 fully saturated rings. The van der Waals surface area contributed by atoms with Crippen LogP contribution in [0.15, 0.2) is 6.07 Å². The number of aryl methyl sites for hydroxylation is 1. The number of carboxylic acid groups (broad SMARTS) is 1. The Labute approximate surface area is 125 Å². The van der Waals surface area contributed by atoms with Crippen molar-refractivity contribution in [2.75, 3.05) is 6.61 Å². The highest BCUT2D eigenvalue weighted by molar-refractivity contribution is 7.14. The Bertz CT molecular complexity index is 565. The van der Waals surface area contributed by atoms with Crippen molar-refractivity contribution in [1.29, 1.82) is 0 Å². The number of ether oxygens (including phenoxy) is 1. The summed E-state index contributed by atoms with van der Waals surface area (Å²) >= 11 is 1.11. The first-order valence-corrected chi connectivity index (χ1v) is 7.40. The van der Waals surface area contributed by atoms with Gasteiger partial charge in [0.1, 0.15) is 5.75 Å². The average molecular weight is 312 g/mol. The molecule has 3 N–H and O–H groups in total. The summed E-state index contributed by atoms with van der Waals surface area (Å²) in [6.45, 7) is 1.49. The predicted molar refractivity (Wildman–Crippen MR) is 75.8 cm³/mol. The number of carbonyl (C=O) groups is 3. The van der Waals surface area contributed by atoms with E-state index >= 15 is 0 Å². The maximum Gasteiger partial charge on any atom is 0.349 e. The number of thiophene rings is 1. The van der Waals surface area contributed by atoms with Gasteiger partial charge in [-0.3, -0.25) is 10.1 Å². The van der Waals surface area contributed by atoms with Gasteiger partial charge in [-0.25, -0.2) is 9.59 Å². The Kier molecular flexibility index (Phi) is 4.79. The molecule has 7 nitrogen and oxygen atoms in total. The second-order valence-electron chi connectivity index (χ2n) is 4.65. The van der Waals surface area contributed by atoms with Crippen LogP contribution in [-0.4, -0.2) is 35.7 Å². The average Bonchev–Trinajstić information content (AvgIpc) is 3.12. The molecule has 0 radical (unpaired) electrons. The van der Waals surface area contributed by atoms with Gasteiger partial charge in [-0.2, -0.15) is 0 Å². The van der Waals surface area contributed by atoms with Crippen molar-refractivity contribution in [3.63, 3.8) is 0 Å². The number of aromatic carboxylic acids is 1. The third-order valence-corrected chi connectivity index (χ3v) is 4.06. The highest BCUT2D eigenvalue weighted by Crippen LogP contribution is 2.29. The monoisotopic (exact) mass is 312 g/mol. The summed E-state index contributed by atoms with van der Waals surface area (Å²) in [4.78, 5) is 34.9. The summed E-state index contributed by atoms with van der Waals surface area (Å²) in [6.07, 6.45) is 2.54. The minimum absolute atomic E-state index is 0.0575. The van der Waals surface area contributed by atoms with Crippen LogP contribution in [0.1, 0.15) is 34.3 Å². The number of nitrogens with one attached hydrogen (secondary N) is 2. The number of carboxylic acids is 1. The maximum absolute atomic E-state index is 11.5. The summed E-state index contributed by atoms with van der Waals surface area (Å²) in [7, 11) is 0. The van der Waals surface area contributed by atoms with E-state index in [1.165, 1.54) is 0 Å². The Hall–Kier alpha value is -2.09. The highest BCUT2D eigenvalue weighted by atomic mass is 32.1. The lowest BCUT2D eigenvalue weighted by Gasteiger charge is -2.07. The van der Waals surface area contributed by atoms with Gasteiger partial charge in [-0.15, -0.1) is 11.3 Å². The molecule has 21 heavy (non-hydrogen) atoms. The van der Waals surface area contributed by atoms with E-state index in [1.807, 2.05) is 6.92 Å². The fraction of sp³-hybridized carbons (Fsp3) is 0.462. The van der Waals surface area contributed by atoms with Gasteiger partial charge < -0.3 is 15.2 Å². The molecule has 0 saturated heterocycles. The smallest absolute Gasteiger partial charge is 0.349 e. The van der Waals surface area contributed by atoms with Gasteiger partial charge in [0.15, 0.2) is 11.5 Å². The molecule has 1 aliphatic carbocycles. The van der Waals surface area contributed by atoms with E-state index in [-0.39, 0.29) is 16.7 Å². The molecule has 1 aromatic heterocycles. The van der Waals surface area contributed by atoms with Crippen LogP contribution < -0.4 is 15.4 Å². The molecule has 0 spiro atoms. The largest absolute Gasteiger partial charge is 0.482 e. The number of amides is 3. The lowest BCUT2D eigenvalue weighted by atomic mass is 10.3. The summed E-state index contributed by atoms with van der Waals surface area (Å²) < 4.78 is 5.20. The number of hydrogen-bond donors (Lipinski definition) is 3. The van der Waals surface area contributed by atoms with Crippen LogP contribution in [0, 0.1) is 0 Å². The third kappa shape index (κ3) is 4.45. The zero-order valence-corrected chi connectivity index (χ0v) is 12.3. The van der Waals surface area contributed by atoms with E-state index in [0.717, 1.165) is 29.1 Å². The molecule has 0 unspecified atom stereocenters. The molecule has 0 atom stereocenters. The number of imide groups is 1. The van der Waals surface area contributed by atoms with Crippen LogP contribution in [0.5, 0.6) is 5.75 Å². The third-order valence-electron chi connectivity index (χ3n) is 2.82. The summed E-state index contributed by atoms with van der Waals surface area (Å²) in [6, 6.07) is 1.21. The lowest BCUT2D eigenvalue weighted by molar-refractivity contribution is -0.122. The van der Waals surface area contributed by atoms with Crippen molar-refractivity contribution in [2.24, 2.45) is 0 Å². The van der Waals surface area contributed by atoms with Crippen LogP contribution >= 0.6 is 11.3 Å². The van der Waals surface area contributed by atoms with Crippen LogP contribution in [0.4, 0.5) is 4.79 Å². The van der Waals surface area contributed by atoms with Gasteiger partial charge in [0.05, 0.1) is 0 Å². The molecule has 114 valence electrons. The Morgan fingerprint density at radius 1 is 1.43 bits per heavy atom. The zero-order valence-electron chi connectivity index (χ0n) is 11.5. The maximum atomic E-state index is 11.5. The lowest BCUT2D eigenvalue weighted by Crippen LogP contribution is -2.42. The molecular formula is C13H16N2O5S. The van der Waals surface area contributed by atoms with Gasteiger partial charge in [0, 0.05) is 10.9 Å². The van der Waals surface area contributed by atoms with Gasteiger partial charge in [0.2, 0.25) is 0 Å². The van der Waals surface area contributed by atoms with Gasteiger partial charge >= 0.3 is 12.0 Å². The summed E-state index contributed by atoms with van der Waals surface area (Å²) in [5.41, 5.74) is 0. The molecule has 0 aromatic carbocycles. The van der Waals surface area contributed by atoms with Crippen LogP contribution in [0.3, 0.4) is 0 Å². The van der Waals surface area contributed by atoms with E-state index in [4.69, 9.17) is 9.84 Å². The number of carbonyl (C=O) groups excluding carboxylic acids is 2. The quantitative estimate of drug-likeness (QED) is 0.736. The van der Waals surface area contributed by atoms with Crippen molar-refractivity contribution >= 4 is 29.2 Å². The van der Waals surface area contributed by atoms with Crippen molar-refractivity contribution in [3.05, 3.63) is 15.8 Å². The minimum Gasteiger partial charge on any atom is -0.482 e. The standard InChI is InChI=1S/C13H16N2O5S/c1-2-8-5-9(11(21-8)12(17)18)20-6-10(16)15-13(19)14-7-3-4-7/h5,7H,2-4,6H2,1H3,(H,17,18)(H2,14,15,16,19). The molecule has 0 aliphatic heterocycles. The predicted octanol–water partition coefficient (Wildman–Crippen LogP) is 1.38. The minimum atomic E-state index is -1.10. The van der Waals surface area contributed by atoms with E-state index < -0.39 is 24.5 Å². The fourth-order valence-electron chi connectivity index (χ4n) is 1.61. The van der Waals surface area contributed by atoms with E-state index in [2.05, 4.69) is 10.6 Å². The highest BCUT2D eigenvalue weighted by Gasteiger charge is 2.24. The van der Waals surface area contributed by atoms with E-state index in [0.29, 0.717) is 6.42 Å². The zero-order chi connectivity index (χ0) is 15.4. The molecule has 1 aromatic rings. The Morgan fingerprint density at radius 3 is 2.71 bits per heavy atom. The topological polar surface area (TPSA) is 105 Å². The van der Waals surface area contributed by atoms with E-state index in [9.17, 15) is 14.4 Å². The Balaban J connectivity index is 1.86. The van der Waals surface area contributed by atoms with Crippen LogP contribution in [0.25, 0.3) is 0 Å². The summed E-state index contributed by atoms with van der Waals surface area (Å²) in [5.74, 6) is -1.56. The number of hydrogen-bond acceptors (Lipinski definition) is 5. The number of urea groups is 1. The van der Waals surface area contributed by atoms with Gasteiger partial charge in [0.25, 0.3) is 5.91 Å². The molecule has 8 heteroatoms. The van der Waals surface area contributed by atoms with Gasteiger partial charge in [-0.1, -0.05) is 6.92 Å². The molecule has 2 rings (SSSR count). The molecular weight excluding hydrogens is 296 g/mol. The van der Waals surface area contributed by atoms with Crippen LogP contribution in [0.2, 0.25) is 0 Å². The first kappa shape index (κ1) is 15.3. The first-order chi connectivity index (χ1) is 9.99. The Morgan fingerprint density at radius 2 is 2.14 bits per heavy atom. The van der Waals surface area contributed by atoms with Crippen molar-refractivity contribution < 1.29 is 24.2 Å². The number of rotatable bonds is 6. The molecule has 3 amide bonds. The molecule has 0 bridgehead atoms. The normalized spacial score (nSPS) is 13.6. The second-order valence-corrected chi connectivity index (χ2v) is 5.79. The van der Waals surface area contributed by atoms with Crippen LogP contribution in [-0.2, 0) is 11.2 Å². The molecule has 1 aliphatic rings. The SMILES string of the molecule is CCc1cc(OCC(=O)NC(=O)NC2CC2)c(C(=O)O)s1. The van der Waals surface area contributed by atoms with Crippen molar-refractivity contribution in [2.45, 2.75) is 32.2 Å². The molecule has 1 heterocycles. The summed E-state index contributed by atoms with van der Waals surface area (Å²) in [5, 5.41) is 13.8. The first-order valence-electron chi connectivity index (χ1n) is 6.58. The molecule has 1 saturated carbocycles.